The minimum Gasteiger partial charge on any atom is -0.469 e. The number of hydrogen-bond acceptors (Lipinski definition) is 6. The fraction of sp³-hybridized carbons (Fsp3) is 0.579. The van der Waals surface area contributed by atoms with Crippen LogP contribution in [0, 0.1) is 0 Å². The van der Waals surface area contributed by atoms with Gasteiger partial charge in [0.05, 0.1) is 11.7 Å². The summed E-state index contributed by atoms with van der Waals surface area (Å²) < 4.78 is 11.0. The van der Waals surface area contributed by atoms with Crippen LogP contribution in [0.25, 0.3) is 0 Å². The van der Waals surface area contributed by atoms with Crippen LogP contribution in [0.15, 0.2) is 17.1 Å². The lowest BCUT2D eigenvalue weighted by molar-refractivity contribution is 0.0207. The molecule has 2 aliphatic heterocycles. The van der Waals surface area contributed by atoms with E-state index in [1.807, 2.05) is 46.0 Å². The number of likely N-dealkylation sites (tertiary alicyclic amines) is 1. The van der Waals surface area contributed by atoms with Crippen molar-refractivity contribution in [2.75, 3.05) is 24.1 Å². The number of anilines is 2. The van der Waals surface area contributed by atoms with E-state index in [0.717, 1.165) is 29.8 Å². The molecule has 0 aromatic heterocycles. The number of aliphatic imine (C=N–C) groups is 1. The first kappa shape index (κ1) is 18.4. The Morgan fingerprint density at radius 2 is 2.08 bits per heavy atom. The van der Waals surface area contributed by atoms with Gasteiger partial charge in [-0.25, -0.2) is 4.79 Å². The second-order valence-electron chi connectivity index (χ2n) is 7.86. The second-order valence-corrected chi connectivity index (χ2v) is 7.86. The van der Waals surface area contributed by atoms with Crippen LogP contribution in [0.5, 0.6) is 5.75 Å². The van der Waals surface area contributed by atoms with Crippen LogP contribution in [0.2, 0.25) is 0 Å². The highest BCUT2D eigenvalue weighted by Gasteiger charge is 2.26. The Morgan fingerprint density at radius 1 is 1.38 bits per heavy atom. The number of piperidine rings is 1. The van der Waals surface area contributed by atoms with Crippen LogP contribution in [0.4, 0.5) is 16.2 Å². The Kier molecular flexibility index (Phi) is 4.98. The number of benzene rings is 1. The molecule has 1 aromatic rings. The van der Waals surface area contributed by atoms with Gasteiger partial charge in [-0.05, 0) is 46.6 Å². The van der Waals surface area contributed by atoms with Crippen molar-refractivity contribution in [1.29, 1.82) is 0 Å². The SMILES string of the molecule is CC1Nc2cc(C=NC3CCN(C(=O)OC(C)(C)C)CC3)c(N)cc2O1. The fourth-order valence-corrected chi connectivity index (χ4v) is 3.08. The standard InChI is InChI=1S/C19H28N4O3/c1-12-22-16-9-13(15(20)10-17(16)25-12)11-21-14-5-7-23(8-6-14)18(24)26-19(2,3)4/h9-12,14,22H,5-8,20H2,1-4H3. The molecule has 3 N–H and O–H groups in total. The molecule has 0 radical (unpaired) electrons. The highest BCUT2D eigenvalue weighted by molar-refractivity contribution is 5.90. The lowest BCUT2D eigenvalue weighted by atomic mass is 10.1. The van der Waals surface area contributed by atoms with Crippen molar-refractivity contribution in [3.8, 4) is 5.75 Å². The van der Waals surface area contributed by atoms with E-state index in [1.165, 1.54) is 0 Å². The third-order valence-corrected chi connectivity index (χ3v) is 4.39. The molecule has 1 amide bonds. The van der Waals surface area contributed by atoms with Gasteiger partial charge < -0.3 is 25.4 Å². The van der Waals surface area contributed by atoms with Gasteiger partial charge in [-0.15, -0.1) is 0 Å². The van der Waals surface area contributed by atoms with E-state index < -0.39 is 5.60 Å². The first-order valence-corrected chi connectivity index (χ1v) is 9.09. The van der Waals surface area contributed by atoms with Crippen LogP contribution in [-0.4, -0.2) is 48.2 Å². The first-order valence-electron chi connectivity index (χ1n) is 9.09. The summed E-state index contributed by atoms with van der Waals surface area (Å²) >= 11 is 0. The Morgan fingerprint density at radius 3 is 2.73 bits per heavy atom. The Labute approximate surface area is 154 Å². The molecule has 0 saturated carbocycles. The Bertz CT molecular complexity index is 703. The molecule has 26 heavy (non-hydrogen) atoms. The Hall–Kier alpha value is -2.44. The van der Waals surface area contributed by atoms with Crippen molar-refractivity contribution in [3.05, 3.63) is 17.7 Å². The van der Waals surface area contributed by atoms with Gasteiger partial charge in [-0.1, -0.05) is 0 Å². The van der Waals surface area contributed by atoms with Crippen molar-refractivity contribution >= 4 is 23.7 Å². The normalized spacial score (nSPS) is 20.6. The summed E-state index contributed by atoms with van der Waals surface area (Å²) in [5.41, 5.74) is 8.10. The summed E-state index contributed by atoms with van der Waals surface area (Å²) in [5, 5.41) is 3.24. The monoisotopic (exact) mass is 360 g/mol. The van der Waals surface area contributed by atoms with Crippen molar-refractivity contribution < 1.29 is 14.3 Å². The number of nitrogens with one attached hydrogen (secondary N) is 1. The van der Waals surface area contributed by atoms with Crippen molar-refractivity contribution in [1.82, 2.24) is 4.90 Å². The molecule has 0 aliphatic carbocycles. The van der Waals surface area contributed by atoms with E-state index in [-0.39, 0.29) is 18.4 Å². The summed E-state index contributed by atoms with van der Waals surface area (Å²) in [6.07, 6.45) is 3.17. The van der Waals surface area contributed by atoms with E-state index in [0.29, 0.717) is 18.8 Å². The van der Waals surface area contributed by atoms with Crippen LogP contribution in [0.3, 0.4) is 0 Å². The summed E-state index contributed by atoms with van der Waals surface area (Å²) in [7, 11) is 0. The molecule has 1 saturated heterocycles. The number of nitrogens with two attached hydrogens (primary N) is 1. The number of amides is 1. The number of carbonyl (C=O) groups is 1. The second kappa shape index (κ2) is 7.05. The molecule has 7 heteroatoms. The molecule has 2 aliphatic rings. The number of rotatable bonds is 2. The molecule has 1 aromatic carbocycles. The van der Waals surface area contributed by atoms with Gasteiger partial charge in [0.25, 0.3) is 0 Å². The van der Waals surface area contributed by atoms with E-state index in [2.05, 4.69) is 10.3 Å². The zero-order valence-corrected chi connectivity index (χ0v) is 15.9. The summed E-state index contributed by atoms with van der Waals surface area (Å²) in [6.45, 7) is 8.90. The summed E-state index contributed by atoms with van der Waals surface area (Å²) in [4.78, 5) is 18.5. The van der Waals surface area contributed by atoms with Gasteiger partial charge in [-0.2, -0.15) is 0 Å². The molecule has 2 heterocycles. The number of nitrogen functional groups attached to an aromatic ring is 1. The average Bonchev–Trinajstić information content (AvgIpc) is 2.90. The molecule has 1 atom stereocenters. The quantitative estimate of drug-likeness (QED) is 0.624. The van der Waals surface area contributed by atoms with Gasteiger partial charge in [-0.3, -0.25) is 4.99 Å². The number of carbonyl (C=O) groups excluding carboxylic acids is 1. The molecule has 1 unspecified atom stereocenters. The van der Waals surface area contributed by atoms with Crippen LogP contribution in [-0.2, 0) is 4.74 Å². The van der Waals surface area contributed by atoms with Gasteiger partial charge >= 0.3 is 6.09 Å². The Balaban J connectivity index is 1.57. The maximum atomic E-state index is 12.1. The molecule has 7 nitrogen and oxygen atoms in total. The predicted molar refractivity (Wildman–Crippen MR) is 103 cm³/mol. The topological polar surface area (TPSA) is 89.2 Å². The highest BCUT2D eigenvalue weighted by Crippen LogP contribution is 2.35. The van der Waals surface area contributed by atoms with Gasteiger partial charge in [0.2, 0.25) is 0 Å². The predicted octanol–water partition coefficient (Wildman–Crippen LogP) is 3.24. The molecule has 1 fully saturated rings. The molecular weight excluding hydrogens is 332 g/mol. The van der Waals surface area contributed by atoms with Crippen molar-refractivity contribution in [3.63, 3.8) is 0 Å². The lowest BCUT2D eigenvalue weighted by Gasteiger charge is -2.32. The zero-order valence-electron chi connectivity index (χ0n) is 15.9. The fourth-order valence-electron chi connectivity index (χ4n) is 3.08. The van der Waals surface area contributed by atoms with E-state index in [4.69, 9.17) is 15.2 Å². The van der Waals surface area contributed by atoms with E-state index in [1.54, 1.807) is 4.90 Å². The minimum absolute atomic E-state index is 0.0474. The van der Waals surface area contributed by atoms with Crippen LogP contribution in [0.1, 0.15) is 46.1 Å². The smallest absolute Gasteiger partial charge is 0.410 e. The maximum Gasteiger partial charge on any atom is 0.410 e. The summed E-state index contributed by atoms with van der Waals surface area (Å²) in [5.74, 6) is 0.776. The van der Waals surface area contributed by atoms with Gasteiger partial charge in [0.15, 0.2) is 6.23 Å². The highest BCUT2D eigenvalue weighted by atomic mass is 16.6. The number of ether oxygens (including phenoxy) is 2. The van der Waals surface area contributed by atoms with Crippen LogP contribution >= 0.6 is 0 Å². The van der Waals surface area contributed by atoms with Crippen molar-refractivity contribution in [2.24, 2.45) is 4.99 Å². The molecular formula is C19H28N4O3. The van der Waals surface area contributed by atoms with Gasteiger partial charge in [0, 0.05) is 36.6 Å². The number of fused-ring (bicyclic) bond motifs is 1. The largest absolute Gasteiger partial charge is 0.469 e. The average molecular weight is 360 g/mol. The molecule has 0 bridgehead atoms. The van der Waals surface area contributed by atoms with E-state index >= 15 is 0 Å². The van der Waals surface area contributed by atoms with Crippen molar-refractivity contribution in [2.45, 2.75) is 58.4 Å². The number of hydrogen-bond donors (Lipinski definition) is 2. The van der Waals surface area contributed by atoms with Crippen LogP contribution < -0.4 is 15.8 Å². The molecule has 0 spiro atoms. The van der Waals surface area contributed by atoms with E-state index in [9.17, 15) is 4.79 Å². The first-order chi connectivity index (χ1) is 12.2. The third kappa shape index (κ3) is 4.39. The minimum atomic E-state index is -0.466. The lowest BCUT2D eigenvalue weighted by Crippen LogP contribution is -2.42. The molecule has 3 rings (SSSR count). The molecule has 142 valence electrons. The zero-order chi connectivity index (χ0) is 18.9. The maximum absolute atomic E-state index is 12.1. The number of nitrogens with zero attached hydrogens (tertiary/aromatic N) is 2. The summed E-state index contributed by atoms with van der Waals surface area (Å²) in [6, 6.07) is 3.98. The van der Waals surface area contributed by atoms with Gasteiger partial charge in [0.1, 0.15) is 11.4 Å². The third-order valence-electron chi connectivity index (χ3n) is 4.39.